The van der Waals surface area contributed by atoms with Crippen LogP contribution in [0.4, 0.5) is 5.82 Å². The van der Waals surface area contributed by atoms with E-state index < -0.39 is 0 Å². The standard InChI is InChI=1S/C13H15N3O2/c1-8(13(17)16-9-2-3-9)15-12-10-5-7-18-11(10)4-6-14-12/h4-9H,2-3H2,1H3,(H,14,15)(H,16,17). The maximum atomic E-state index is 11.8. The normalized spacial score (nSPS) is 16.5. The van der Waals surface area contributed by atoms with Crippen LogP contribution in [0.2, 0.25) is 0 Å². The number of anilines is 1. The first kappa shape index (κ1) is 11.1. The molecule has 1 saturated carbocycles. The van der Waals surface area contributed by atoms with Crippen LogP contribution in [0.5, 0.6) is 0 Å². The number of pyridine rings is 1. The molecular formula is C13H15N3O2. The van der Waals surface area contributed by atoms with Gasteiger partial charge in [-0.25, -0.2) is 4.98 Å². The van der Waals surface area contributed by atoms with Crippen LogP contribution >= 0.6 is 0 Å². The lowest BCUT2D eigenvalue weighted by atomic mass is 10.2. The van der Waals surface area contributed by atoms with Crippen molar-refractivity contribution in [3.63, 3.8) is 0 Å². The summed E-state index contributed by atoms with van der Waals surface area (Å²) < 4.78 is 5.29. The first-order valence-corrected chi connectivity index (χ1v) is 6.13. The van der Waals surface area contributed by atoms with Gasteiger partial charge in [-0.3, -0.25) is 4.79 Å². The molecule has 1 amide bonds. The van der Waals surface area contributed by atoms with Gasteiger partial charge < -0.3 is 15.1 Å². The van der Waals surface area contributed by atoms with E-state index in [2.05, 4.69) is 15.6 Å². The Bertz CT molecular complexity index is 574. The summed E-state index contributed by atoms with van der Waals surface area (Å²) in [4.78, 5) is 16.1. The summed E-state index contributed by atoms with van der Waals surface area (Å²) in [7, 11) is 0. The number of rotatable bonds is 4. The third-order valence-corrected chi connectivity index (χ3v) is 3.05. The van der Waals surface area contributed by atoms with Crippen LogP contribution in [-0.4, -0.2) is 23.0 Å². The van der Waals surface area contributed by atoms with Gasteiger partial charge in [0, 0.05) is 12.2 Å². The molecule has 94 valence electrons. The smallest absolute Gasteiger partial charge is 0.242 e. The van der Waals surface area contributed by atoms with Crippen molar-refractivity contribution in [1.82, 2.24) is 10.3 Å². The highest BCUT2D eigenvalue weighted by molar-refractivity contribution is 5.91. The van der Waals surface area contributed by atoms with E-state index in [1.165, 1.54) is 0 Å². The first-order chi connectivity index (χ1) is 8.74. The van der Waals surface area contributed by atoms with Crippen molar-refractivity contribution in [2.24, 2.45) is 0 Å². The molecular weight excluding hydrogens is 230 g/mol. The summed E-state index contributed by atoms with van der Waals surface area (Å²) in [6, 6.07) is 3.71. The number of furan rings is 1. The van der Waals surface area contributed by atoms with Gasteiger partial charge in [-0.05, 0) is 31.9 Å². The summed E-state index contributed by atoms with van der Waals surface area (Å²) in [5, 5.41) is 6.98. The maximum Gasteiger partial charge on any atom is 0.242 e. The topological polar surface area (TPSA) is 67.2 Å². The zero-order valence-corrected chi connectivity index (χ0v) is 10.1. The molecule has 1 fully saturated rings. The van der Waals surface area contributed by atoms with Crippen LogP contribution in [0, 0.1) is 0 Å². The average molecular weight is 245 g/mol. The molecule has 5 heteroatoms. The Balaban J connectivity index is 1.74. The fraction of sp³-hybridized carbons (Fsp3) is 0.385. The van der Waals surface area contributed by atoms with Crippen molar-refractivity contribution in [1.29, 1.82) is 0 Å². The van der Waals surface area contributed by atoms with Gasteiger partial charge in [0.15, 0.2) is 0 Å². The molecule has 2 aromatic heterocycles. The molecule has 2 heterocycles. The summed E-state index contributed by atoms with van der Waals surface area (Å²) in [6.45, 7) is 1.83. The molecule has 1 unspecified atom stereocenters. The second kappa shape index (κ2) is 4.33. The van der Waals surface area contributed by atoms with E-state index in [9.17, 15) is 4.79 Å². The number of aromatic nitrogens is 1. The highest BCUT2D eigenvalue weighted by Crippen LogP contribution is 2.23. The number of carbonyl (C=O) groups is 1. The number of carbonyl (C=O) groups excluding carboxylic acids is 1. The lowest BCUT2D eigenvalue weighted by Crippen LogP contribution is -2.38. The largest absolute Gasteiger partial charge is 0.464 e. The molecule has 0 radical (unpaired) electrons. The molecule has 1 aliphatic rings. The van der Waals surface area contributed by atoms with Crippen molar-refractivity contribution < 1.29 is 9.21 Å². The van der Waals surface area contributed by atoms with E-state index in [4.69, 9.17) is 4.42 Å². The third kappa shape index (κ3) is 2.16. The predicted molar refractivity (Wildman–Crippen MR) is 68.3 cm³/mol. The minimum atomic E-state index is -0.307. The second-order valence-corrected chi connectivity index (χ2v) is 4.64. The van der Waals surface area contributed by atoms with Crippen LogP contribution < -0.4 is 10.6 Å². The number of amides is 1. The van der Waals surface area contributed by atoms with Crippen molar-refractivity contribution in [3.05, 3.63) is 24.6 Å². The molecule has 18 heavy (non-hydrogen) atoms. The molecule has 1 atom stereocenters. The van der Waals surface area contributed by atoms with Crippen LogP contribution in [-0.2, 0) is 4.79 Å². The van der Waals surface area contributed by atoms with Gasteiger partial charge in [-0.1, -0.05) is 0 Å². The second-order valence-electron chi connectivity index (χ2n) is 4.64. The molecule has 1 aliphatic carbocycles. The predicted octanol–water partition coefficient (Wildman–Crippen LogP) is 1.91. The molecule has 0 saturated heterocycles. The summed E-state index contributed by atoms with van der Waals surface area (Å²) in [5.74, 6) is 0.694. The Kier molecular flexibility index (Phi) is 2.66. The fourth-order valence-electron chi connectivity index (χ4n) is 1.83. The van der Waals surface area contributed by atoms with Gasteiger partial charge in [0.05, 0.1) is 11.6 Å². The fourth-order valence-corrected chi connectivity index (χ4v) is 1.83. The minimum absolute atomic E-state index is 0.0137. The Hall–Kier alpha value is -2.04. The molecule has 2 aromatic rings. The van der Waals surface area contributed by atoms with Crippen LogP contribution in [0.25, 0.3) is 11.0 Å². The van der Waals surface area contributed by atoms with Crippen molar-refractivity contribution in [2.75, 3.05) is 5.32 Å². The number of fused-ring (bicyclic) bond motifs is 1. The maximum absolute atomic E-state index is 11.8. The lowest BCUT2D eigenvalue weighted by molar-refractivity contribution is -0.121. The summed E-state index contributed by atoms with van der Waals surface area (Å²) >= 11 is 0. The van der Waals surface area contributed by atoms with Crippen LogP contribution in [0.3, 0.4) is 0 Å². The summed E-state index contributed by atoms with van der Waals surface area (Å²) in [6.07, 6.45) is 5.47. The van der Waals surface area contributed by atoms with Gasteiger partial charge in [0.2, 0.25) is 5.91 Å². The molecule has 5 nitrogen and oxygen atoms in total. The van der Waals surface area contributed by atoms with Crippen molar-refractivity contribution >= 4 is 22.7 Å². The van der Waals surface area contributed by atoms with Crippen LogP contribution in [0.1, 0.15) is 19.8 Å². The monoisotopic (exact) mass is 245 g/mol. The van der Waals surface area contributed by atoms with Gasteiger partial charge in [-0.15, -0.1) is 0 Å². The van der Waals surface area contributed by atoms with Crippen LogP contribution in [0.15, 0.2) is 29.0 Å². The average Bonchev–Trinajstić information content (AvgIpc) is 3.04. The third-order valence-electron chi connectivity index (χ3n) is 3.05. The molecule has 0 bridgehead atoms. The van der Waals surface area contributed by atoms with Gasteiger partial charge >= 0.3 is 0 Å². The van der Waals surface area contributed by atoms with Crippen molar-refractivity contribution in [3.8, 4) is 0 Å². The summed E-state index contributed by atoms with van der Waals surface area (Å²) in [5.41, 5.74) is 0.766. The first-order valence-electron chi connectivity index (χ1n) is 6.13. The lowest BCUT2D eigenvalue weighted by Gasteiger charge is -2.14. The molecule has 0 aliphatic heterocycles. The quantitative estimate of drug-likeness (QED) is 0.863. The minimum Gasteiger partial charge on any atom is -0.464 e. The number of hydrogen-bond donors (Lipinski definition) is 2. The Morgan fingerprint density at radius 3 is 3.11 bits per heavy atom. The Morgan fingerprint density at radius 1 is 1.50 bits per heavy atom. The Labute approximate surface area is 105 Å². The van der Waals surface area contributed by atoms with Gasteiger partial charge in [-0.2, -0.15) is 0 Å². The number of nitrogens with one attached hydrogen (secondary N) is 2. The zero-order chi connectivity index (χ0) is 12.5. The molecule has 0 aromatic carbocycles. The highest BCUT2D eigenvalue weighted by Gasteiger charge is 2.25. The van der Waals surface area contributed by atoms with E-state index in [1.54, 1.807) is 18.5 Å². The zero-order valence-electron chi connectivity index (χ0n) is 10.1. The number of hydrogen-bond acceptors (Lipinski definition) is 4. The highest BCUT2D eigenvalue weighted by atomic mass is 16.3. The van der Waals surface area contributed by atoms with E-state index in [1.807, 2.05) is 13.0 Å². The molecule has 3 rings (SSSR count). The van der Waals surface area contributed by atoms with E-state index in [-0.39, 0.29) is 11.9 Å². The Morgan fingerprint density at radius 2 is 2.33 bits per heavy atom. The molecule has 0 spiro atoms. The van der Waals surface area contributed by atoms with Crippen molar-refractivity contribution in [2.45, 2.75) is 31.8 Å². The van der Waals surface area contributed by atoms with E-state index >= 15 is 0 Å². The van der Waals surface area contributed by atoms with Gasteiger partial charge in [0.25, 0.3) is 0 Å². The van der Waals surface area contributed by atoms with E-state index in [0.29, 0.717) is 11.9 Å². The van der Waals surface area contributed by atoms with E-state index in [0.717, 1.165) is 23.8 Å². The number of nitrogens with zero attached hydrogens (tertiary/aromatic N) is 1. The van der Waals surface area contributed by atoms with Gasteiger partial charge in [0.1, 0.15) is 17.4 Å². The SMILES string of the molecule is CC(Nc1nccc2occc12)C(=O)NC1CC1. The molecule has 2 N–H and O–H groups in total.